The Morgan fingerprint density at radius 3 is 2.18 bits per heavy atom. The molecule has 39 heavy (non-hydrogen) atoms. The predicted octanol–water partition coefficient (Wildman–Crippen LogP) is 4.88. The van der Waals surface area contributed by atoms with Gasteiger partial charge >= 0.3 is 5.97 Å². The summed E-state index contributed by atoms with van der Waals surface area (Å²) in [6.45, 7) is 10.2. The van der Waals surface area contributed by atoms with Crippen molar-refractivity contribution in [2.75, 3.05) is 43.0 Å². The third kappa shape index (κ3) is 9.27. The summed E-state index contributed by atoms with van der Waals surface area (Å²) in [6.07, 6.45) is 0. The maximum atomic E-state index is 12.7. The van der Waals surface area contributed by atoms with Gasteiger partial charge in [0.15, 0.2) is 0 Å². The fraction of sp³-hybridized carbons (Fsp3) is 0.296. The quantitative estimate of drug-likeness (QED) is 0.137. The van der Waals surface area contributed by atoms with Gasteiger partial charge in [-0.15, -0.1) is 0 Å². The van der Waals surface area contributed by atoms with E-state index in [0.29, 0.717) is 48.2 Å². The van der Waals surface area contributed by atoms with Gasteiger partial charge in [0.05, 0.1) is 29.5 Å². The molecule has 0 bridgehead atoms. The lowest BCUT2D eigenvalue weighted by Crippen LogP contribution is -2.23. The average Bonchev–Trinajstić information content (AvgIpc) is 2.88. The number of likely N-dealkylation sites (N-methyl/N-ethyl adjacent to an activating group) is 1. The van der Waals surface area contributed by atoms with Crippen molar-refractivity contribution in [3.63, 3.8) is 0 Å². The van der Waals surface area contributed by atoms with Crippen LogP contribution in [0, 0.1) is 13.8 Å². The molecule has 206 valence electrons. The Balaban J connectivity index is 1.49. The number of carbonyl (C=O) groups is 1. The van der Waals surface area contributed by atoms with Crippen LogP contribution in [0.2, 0.25) is 0 Å². The molecular weight excluding hydrogens is 520 g/mol. The van der Waals surface area contributed by atoms with Crippen molar-refractivity contribution in [2.45, 2.75) is 25.7 Å². The van der Waals surface area contributed by atoms with Crippen molar-refractivity contribution in [2.24, 2.45) is 10.2 Å². The zero-order valence-electron chi connectivity index (χ0n) is 22.4. The highest BCUT2D eigenvalue weighted by molar-refractivity contribution is 7.92. The molecule has 0 saturated carbocycles. The highest BCUT2D eigenvalue weighted by atomic mass is 32.2. The monoisotopic (exact) mass is 552 g/mol. The summed E-state index contributed by atoms with van der Waals surface area (Å²) in [5.74, 6) is 0.273. The van der Waals surface area contributed by atoms with Crippen LogP contribution in [-0.2, 0) is 24.3 Å². The Morgan fingerprint density at radius 1 is 0.974 bits per heavy atom. The molecule has 0 aliphatic rings. The van der Waals surface area contributed by atoms with Crippen molar-refractivity contribution >= 4 is 38.9 Å². The highest BCUT2D eigenvalue weighted by Crippen LogP contribution is 2.23. The van der Waals surface area contributed by atoms with E-state index < -0.39 is 16.0 Å². The highest BCUT2D eigenvalue weighted by Gasteiger charge is 2.15. The number of aryl methyl sites for hydroxylation is 2. The molecule has 0 fully saturated rings. The summed E-state index contributed by atoms with van der Waals surface area (Å²) in [6, 6.07) is 15.2. The van der Waals surface area contributed by atoms with Gasteiger partial charge in [-0.1, -0.05) is 6.58 Å². The normalized spacial score (nSPS) is 11.4. The van der Waals surface area contributed by atoms with Gasteiger partial charge in [0, 0.05) is 36.6 Å². The first kappa shape index (κ1) is 29.4. The van der Waals surface area contributed by atoms with Gasteiger partial charge in [-0.2, -0.15) is 10.2 Å². The van der Waals surface area contributed by atoms with Crippen molar-refractivity contribution in [1.29, 1.82) is 0 Å². The van der Waals surface area contributed by atoms with Crippen LogP contribution in [0.3, 0.4) is 0 Å². The van der Waals surface area contributed by atoms with E-state index in [2.05, 4.69) is 31.5 Å². The topological polar surface area (TPSA) is 135 Å². The molecule has 3 aromatic rings. The predicted molar refractivity (Wildman–Crippen MR) is 149 cm³/mol. The molecule has 0 amide bonds. The van der Waals surface area contributed by atoms with Crippen LogP contribution in [0.4, 0.5) is 22.9 Å². The number of benzene rings is 2. The fourth-order valence-corrected chi connectivity index (χ4v) is 4.29. The first-order valence-corrected chi connectivity index (χ1v) is 13.6. The molecule has 0 atom stereocenters. The Kier molecular flexibility index (Phi) is 10.2. The van der Waals surface area contributed by atoms with E-state index in [1.54, 1.807) is 39.0 Å². The minimum atomic E-state index is -3.81. The van der Waals surface area contributed by atoms with Crippen molar-refractivity contribution in [3.05, 3.63) is 78.3 Å². The summed E-state index contributed by atoms with van der Waals surface area (Å²) >= 11 is 0. The molecule has 0 spiro atoms. The van der Waals surface area contributed by atoms with E-state index in [1.807, 2.05) is 36.2 Å². The summed E-state index contributed by atoms with van der Waals surface area (Å²) in [4.78, 5) is 21.7. The smallest absolute Gasteiger partial charge is 0.333 e. The lowest BCUT2D eigenvalue weighted by molar-refractivity contribution is -0.140. The molecule has 1 aromatic heterocycles. The van der Waals surface area contributed by atoms with E-state index in [-0.39, 0.29) is 17.3 Å². The maximum absolute atomic E-state index is 12.7. The number of ether oxygens (including phenoxy) is 2. The number of aromatic nitrogens is 2. The van der Waals surface area contributed by atoms with Crippen LogP contribution < -0.4 is 9.62 Å². The van der Waals surface area contributed by atoms with Crippen LogP contribution in [0.1, 0.15) is 18.4 Å². The maximum Gasteiger partial charge on any atom is 0.333 e. The van der Waals surface area contributed by atoms with Gasteiger partial charge in [-0.05, 0) is 69.3 Å². The summed E-state index contributed by atoms with van der Waals surface area (Å²) in [5.41, 5.74) is 3.16. The first-order valence-electron chi connectivity index (χ1n) is 12.1. The number of hydrogen-bond acceptors (Lipinski definition) is 10. The minimum absolute atomic E-state index is 0.0830. The Bertz CT molecular complexity index is 1400. The molecule has 11 nitrogen and oxygen atoms in total. The SMILES string of the molecule is C=C(C)C(=O)OCCOCCN(C)c1ccc(N=Nc2ccc(S(=O)(=O)Nc3cc(C)nc(C)n3)cc2)cc1. The lowest BCUT2D eigenvalue weighted by Gasteiger charge is -2.19. The molecule has 1 heterocycles. The van der Waals surface area contributed by atoms with Gasteiger partial charge in [0.1, 0.15) is 18.2 Å². The second kappa shape index (κ2) is 13.6. The molecule has 0 radical (unpaired) electrons. The number of hydrogen-bond donors (Lipinski definition) is 1. The number of sulfonamides is 1. The summed E-state index contributed by atoms with van der Waals surface area (Å²) in [7, 11) is -1.87. The largest absolute Gasteiger partial charge is 0.460 e. The third-order valence-corrected chi connectivity index (χ3v) is 6.67. The second-order valence-electron chi connectivity index (χ2n) is 8.71. The van der Waals surface area contributed by atoms with Gasteiger partial charge in [-0.3, -0.25) is 4.72 Å². The van der Waals surface area contributed by atoms with Crippen molar-refractivity contribution < 1.29 is 22.7 Å². The molecule has 0 saturated heterocycles. The molecule has 0 unspecified atom stereocenters. The van der Waals surface area contributed by atoms with Crippen LogP contribution in [0.15, 0.2) is 81.9 Å². The number of anilines is 2. The van der Waals surface area contributed by atoms with Crippen LogP contribution >= 0.6 is 0 Å². The van der Waals surface area contributed by atoms with Gasteiger partial charge < -0.3 is 14.4 Å². The number of azo groups is 1. The Labute approximate surface area is 228 Å². The molecule has 0 aliphatic heterocycles. The van der Waals surface area contributed by atoms with Gasteiger partial charge in [0.25, 0.3) is 10.0 Å². The summed E-state index contributed by atoms with van der Waals surface area (Å²) in [5, 5.41) is 8.43. The van der Waals surface area contributed by atoms with E-state index in [0.717, 1.165) is 5.69 Å². The Hall–Kier alpha value is -4.16. The molecule has 3 rings (SSSR count). The Morgan fingerprint density at radius 2 is 1.59 bits per heavy atom. The minimum Gasteiger partial charge on any atom is -0.460 e. The molecular formula is C27H32N6O5S. The lowest BCUT2D eigenvalue weighted by atomic mass is 10.2. The van der Waals surface area contributed by atoms with E-state index in [1.165, 1.54) is 12.1 Å². The van der Waals surface area contributed by atoms with Crippen molar-refractivity contribution in [3.8, 4) is 0 Å². The van der Waals surface area contributed by atoms with E-state index >= 15 is 0 Å². The number of esters is 1. The summed E-state index contributed by atoms with van der Waals surface area (Å²) < 4.78 is 38.4. The molecule has 1 N–H and O–H groups in total. The number of rotatable bonds is 13. The van der Waals surface area contributed by atoms with Crippen LogP contribution in [0.5, 0.6) is 0 Å². The molecule has 0 aliphatic carbocycles. The van der Waals surface area contributed by atoms with Crippen LogP contribution in [0.25, 0.3) is 0 Å². The fourth-order valence-electron chi connectivity index (χ4n) is 3.30. The average molecular weight is 553 g/mol. The van der Waals surface area contributed by atoms with Gasteiger partial charge in [-0.25, -0.2) is 23.2 Å². The van der Waals surface area contributed by atoms with Crippen LogP contribution in [-0.4, -0.2) is 57.8 Å². The second-order valence-corrected chi connectivity index (χ2v) is 10.4. The first-order chi connectivity index (χ1) is 18.5. The van der Waals surface area contributed by atoms with Gasteiger partial charge in [0.2, 0.25) is 0 Å². The van der Waals surface area contributed by atoms with E-state index in [4.69, 9.17) is 9.47 Å². The molecule has 12 heteroatoms. The zero-order valence-corrected chi connectivity index (χ0v) is 23.2. The number of nitrogens with one attached hydrogen (secondary N) is 1. The van der Waals surface area contributed by atoms with E-state index in [9.17, 15) is 13.2 Å². The number of nitrogens with zero attached hydrogens (tertiary/aromatic N) is 5. The number of carbonyl (C=O) groups excluding carboxylic acids is 1. The zero-order chi connectivity index (χ0) is 28.4. The molecule has 2 aromatic carbocycles. The standard InChI is InChI=1S/C27H32N6O5S/c1-19(2)27(34)38-17-16-37-15-14-33(5)24-10-6-22(7-11-24)30-31-23-8-12-25(13-9-23)39(35,36)32-26-18-20(3)28-21(4)29-26/h6-13,18H,1,14-17H2,2-5H3,(H,28,29,32). The third-order valence-electron chi connectivity index (χ3n) is 5.30. The van der Waals surface area contributed by atoms with Crippen molar-refractivity contribution in [1.82, 2.24) is 9.97 Å².